The molecule has 0 saturated carbocycles. The molecule has 0 radical (unpaired) electrons. The normalized spacial score (nSPS) is 10.5. The number of carbonyl (C=O) groups is 3. The lowest BCUT2D eigenvalue weighted by Gasteiger charge is -2.07. The topological polar surface area (TPSA) is 84.5 Å². The molecule has 6 nitrogen and oxygen atoms in total. The van der Waals surface area contributed by atoms with Gasteiger partial charge >= 0.3 is 5.97 Å². The van der Waals surface area contributed by atoms with E-state index < -0.39 is 23.5 Å². The second kappa shape index (κ2) is 9.41. The number of esters is 1. The number of carbonyl (C=O) groups excluding carboxylic acids is 3. The lowest BCUT2D eigenvalue weighted by molar-refractivity contribution is -0.116. The van der Waals surface area contributed by atoms with E-state index in [0.29, 0.717) is 16.0 Å². The minimum atomic E-state index is -0.980. The highest BCUT2D eigenvalue weighted by molar-refractivity contribution is 7.18. The van der Waals surface area contributed by atoms with Gasteiger partial charge in [0.25, 0.3) is 5.91 Å². The Morgan fingerprint density at radius 1 is 1.18 bits per heavy atom. The van der Waals surface area contributed by atoms with E-state index in [1.165, 1.54) is 13.1 Å². The average molecular weight is 410 g/mol. The molecule has 2 N–H and O–H groups in total. The van der Waals surface area contributed by atoms with E-state index in [0.717, 1.165) is 23.5 Å². The van der Waals surface area contributed by atoms with Gasteiger partial charge in [-0.2, -0.15) is 0 Å². The molecule has 1 aromatic heterocycles. The second-order valence-corrected chi connectivity index (χ2v) is 6.88. The zero-order chi connectivity index (χ0) is 20.8. The maximum Gasteiger partial charge on any atom is 0.341 e. The van der Waals surface area contributed by atoms with Gasteiger partial charge in [-0.05, 0) is 43.5 Å². The van der Waals surface area contributed by atoms with Gasteiger partial charge in [0, 0.05) is 13.5 Å². The largest absolute Gasteiger partial charge is 0.462 e. The van der Waals surface area contributed by atoms with Crippen LogP contribution in [-0.2, 0) is 16.0 Å². The molecule has 0 aliphatic carbocycles. The van der Waals surface area contributed by atoms with Crippen LogP contribution in [0, 0.1) is 18.6 Å². The van der Waals surface area contributed by atoms with Crippen LogP contribution in [-0.4, -0.2) is 31.4 Å². The van der Waals surface area contributed by atoms with Gasteiger partial charge < -0.3 is 15.4 Å². The van der Waals surface area contributed by atoms with Crippen molar-refractivity contribution in [3.8, 4) is 0 Å². The van der Waals surface area contributed by atoms with Gasteiger partial charge in [-0.25, -0.2) is 13.6 Å². The van der Waals surface area contributed by atoms with Crippen molar-refractivity contribution in [3.63, 3.8) is 0 Å². The fraction of sp³-hybridized carbons (Fsp3) is 0.316. The van der Waals surface area contributed by atoms with Gasteiger partial charge in [0.05, 0.1) is 17.0 Å². The number of anilines is 1. The molecule has 1 aromatic carbocycles. The first-order valence-corrected chi connectivity index (χ1v) is 9.36. The Labute approximate surface area is 164 Å². The third-order valence-corrected chi connectivity index (χ3v) is 5.14. The van der Waals surface area contributed by atoms with Crippen molar-refractivity contribution < 1.29 is 27.9 Å². The number of halogens is 2. The minimum absolute atomic E-state index is 0.0143. The highest BCUT2D eigenvalue weighted by Crippen LogP contribution is 2.34. The number of aryl methyl sites for hydroxylation is 1. The van der Waals surface area contributed by atoms with Crippen molar-refractivity contribution in [3.05, 3.63) is 51.4 Å². The van der Waals surface area contributed by atoms with Crippen molar-refractivity contribution in [2.24, 2.45) is 0 Å². The molecule has 28 heavy (non-hydrogen) atoms. The first kappa shape index (κ1) is 21.5. The van der Waals surface area contributed by atoms with Crippen LogP contribution in [0.5, 0.6) is 0 Å². The average Bonchev–Trinajstić information content (AvgIpc) is 2.98. The predicted octanol–water partition coefficient (Wildman–Crippen LogP) is 3.44. The Kier molecular flexibility index (Phi) is 7.22. The summed E-state index contributed by atoms with van der Waals surface area (Å²) in [5.41, 5.74) is 1.01. The van der Waals surface area contributed by atoms with Crippen molar-refractivity contribution in [1.82, 2.24) is 5.32 Å². The summed E-state index contributed by atoms with van der Waals surface area (Å²) in [7, 11) is 1.46. The zero-order valence-electron chi connectivity index (χ0n) is 15.7. The van der Waals surface area contributed by atoms with Crippen LogP contribution in [0.2, 0.25) is 0 Å². The molecule has 0 aliphatic heterocycles. The third-order valence-electron chi connectivity index (χ3n) is 3.94. The van der Waals surface area contributed by atoms with Crippen LogP contribution in [0.1, 0.15) is 44.5 Å². The number of benzene rings is 1. The number of thiophene rings is 1. The molecule has 0 spiro atoms. The van der Waals surface area contributed by atoms with Gasteiger partial charge in [0.2, 0.25) is 5.91 Å². The fourth-order valence-electron chi connectivity index (χ4n) is 2.52. The van der Waals surface area contributed by atoms with E-state index >= 15 is 0 Å². The Bertz CT molecular complexity index is 912. The van der Waals surface area contributed by atoms with E-state index in [1.54, 1.807) is 13.8 Å². The Morgan fingerprint density at radius 3 is 2.50 bits per heavy atom. The molecule has 2 rings (SSSR count). The molecule has 0 saturated heterocycles. The fourth-order valence-corrected chi connectivity index (χ4v) is 3.68. The van der Waals surface area contributed by atoms with Gasteiger partial charge in [-0.15, -0.1) is 11.3 Å². The standard InChI is InChI=1S/C19H20F2N2O4S/c1-4-27-19(26)15-10(2)16(17(25)22-3)28-18(15)23-14(24)8-6-11-5-7-12(20)13(21)9-11/h5,7,9H,4,6,8H2,1-3H3,(H,22,25)(H,23,24). The first-order chi connectivity index (χ1) is 13.3. The number of hydrogen-bond donors (Lipinski definition) is 2. The second-order valence-electron chi connectivity index (χ2n) is 5.86. The smallest absolute Gasteiger partial charge is 0.341 e. The van der Waals surface area contributed by atoms with Gasteiger partial charge in [0.15, 0.2) is 11.6 Å². The quantitative estimate of drug-likeness (QED) is 0.685. The highest BCUT2D eigenvalue weighted by atomic mass is 32.1. The maximum atomic E-state index is 13.3. The van der Waals surface area contributed by atoms with Crippen LogP contribution in [0.25, 0.3) is 0 Å². The zero-order valence-corrected chi connectivity index (χ0v) is 16.5. The Morgan fingerprint density at radius 2 is 1.89 bits per heavy atom. The van der Waals surface area contributed by atoms with Crippen molar-refractivity contribution in [2.45, 2.75) is 26.7 Å². The molecular formula is C19H20F2N2O4S. The minimum Gasteiger partial charge on any atom is -0.462 e. The number of ether oxygens (including phenoxy) is 1. The molecule has 2 aromatic rings. The first-order valence-electron chi connectivity index (χ1n) is 8.54. The summed E-state index contributed by atoms with van der Waals surface area (Å²) < 4.78 is 31.3. The van der Waals surface area contributed by atoms with Crippen molar-refractivity contribution in [1.29, 1.82) is 0 Å². The number of rotatable bonds is 7. The number of nitrogens with one attached hydrogen (secondary N) is 2. The Hall–Kier alpha value is -2.81. The predicted molar refractivity (Wildman–Crippen MR) is 102 cm³/mol. The van der Waals surface area contributed by atoms with Gasteiger partial charge in [-0.3, -0.25) is 9.59 Å². The molecule has 0 aliphatic rings. The maximum absolute atomic E-state index is 13.3. The molecular weight excluding hydrogens is 390 g/mol. The van der Waals surface area contributed by atoms with E-state index in [4.69, 9.17) is 4.74 Å². The molecule has 9 heteroatoms. The van der Waals surface area contributed by atoms with E-state index in [-0.39, 0.29) is 35.9 Å². The molecule has 2 amide bonds. The summed E-state index contributed by atoms with van der Waals surface area (Å²) in [6.07, 6.45) is 0.171. The monoisotopic (exact) mass is 410 g/mol. The molecule has 0 bridgehead atoms. The lowest BCUT2D eigenvalue weighted by atomic mass is 10.1. The summed E-state index contributed by atoms with van der Waals surface area (Å²) in [6, 6.07) is 3.43. The number of amides is 2. The SMILES string of the molecule is CCOC(=O)c1c(NC(=O)CCc2ccc(F)c(F)c2)sc(C(=O)NC)c1C. The van der Waals surface area contributed by atoms with E-state index in [2.05, 4.69) is 10.6 Å². The lowest BCUT2D eigenvalue weighted by Crippen LogP contribution is -2.18. The van der Waals surface area contributed by atoms with Crippen LogP contribution >= 0.6 is 11.3 Å². The number of hydrogen-bond acceptors (Lipinski definition) is 5. The highest BCUT2D eigenvalue weighted by Gasteiger charge is 2.26. The summed E-state index contributed by atoms with van der Waals surface area (Å²) >= 11 is 0.973. The third kappa shape index (κ3) is 4.92. The van der Waals surface area contributed by atoms with Crippen molar-refractivity contribution >= 4 is 34.1 Å². The summed E-state index contributed by atoms with van der Waals surface area (Å²) in [6.45, 7) is 3.40. The van der Waals surface area contributed by atoms with E-state index in [9.17, 15) is 23.2 Å². The molecule has 150 valence electrons. The van der Waals surface area contributed by atoms with E-state index in [1.807, 2.05) is 0 Å². The van der Waals surface area contributed by atoms with Crippen LogP contribution in [0.4, 0.5) is 13.8 Å². The molecule has 1 heterocycles. The van der Waals surface area contributed by atoms with Gasteiger partial charge in [0.1, 0.15) is 5.00 Å². The summed E-state index contributed by atoms with van der Waals surface area (Å²) in [4.78, 5) is 36.9. The van der Waals surface area contributed by atoms with Crippen molar-refractivity contribution in [2.75, 3.05) is 19.0 Å². The molecule has 0 fully saturated rings. The van der Waals surface area contributed by atoms with Crippen LogP contribution in [0.3, 0.4) is 0 Å². The van der Waals surface area contributed by atoms with Crippen LogP contribution < -0.4 is 10.6 Å². The summed E-state index contributed by atoms with van der Waals surface area (Å²) in [5, 5.41) is 5.31. The van der Waals surface area contributed by atoms with Gasteiger partial charge in [-0.1, -0.05) is 6.07 Å². The Balaban J connectivity index is 2.18. The molecule has 0 unspecified atom stereocenters. The summed E-state index contributed by atoms with van der Waals surface area (Å²) in [5.74, 6) is -3.38. The van der Waals surface area contributed by atoms with Crippen LogP contribution in [0.15, 0.2) is 18.2 Å². The molecule has 0 atom stereocenters.